The van der Waals surface area contributed by atoms with Crippen molar-refractivity contribution < 1.29 is 4.74 Å². The van der Waals surface area contributed by atoms with Crippen molar-refractivity contribution in [2.75, 3.05) is 7.05 Å². The smallest absolute Gasteiger partial charge is 0.139 e. The Balaban J connectivity index is 2.38. The van der Waals surface area contributed by atoms with Crippen LogP contribution in [-0.4, -0.2) is 13.2 Å². The van der Waals surface area contributed by atoms with E-state index >= 15 is 0 Å². The van der Waals surface area contributed by atoms with Gasteiger partial charge < -0.3 is 10.1 Å². The summed E-state index contributed by atoms with van der Waals surface area (Å²) in [4.78, 5) is 0. The summed E-state index contributed by atoms with van der Waals surface area (Å²) in [7, 11) is 1.96. The lowest BCUT2D eigenvalue weighted by atomic mass is 10.0. The van der Waals surface area contributed by atoms with Crippen LogP contribution in [-0.2, 0) is 0 Å². The molecular weight excluding hydrogens is 289 g/mol. The van der Waals surface area contributed by atoms with Crippen molar-refractivity contribution in [2.45, 2.75) is 31.9 Å². The second-order valence-corrected chi connectivity index (χ2v) is 5.31. The highest BCUT2D eigenvalue weighted by Crippen LogP contribution is 2.44. The fourth-order valence-electron chi connectivity index (χ4n) is 2.21. The lowest BCUT2D eigenvalue weighted by Crippen LogP contribution is -2.28. The molecule has 0 saturated carbocycles. The number of fused-ring (bicyclic) bond motifs is 1. The van der Waals surface area contributed by atoms with Gasteiger partial charge in [0.25, 0.3) is 0 Å². The number of likely N-dealkylation sites (N-methyl/N-ethyl adjacent to an activating group) is 1. The number of rotatable bonds is 3. The van der Waals surface area contributed by atoms with E-state index in [-0.39, 0.29) is 12.1 Å². The molecule has 1 aromatic rings. The number of hydrogen-bond acceptors (Lipinski definition) is 2. The maximum Gasteiger partial charge on any atom is 0.139 e. The largest absolute Gasteiger partial charge is 0.487 e. The predicted molar refractivity (Wildman–Crippen MR) is 70.3 cm³/mol. The van der Waals surface area contributed by atoms with Gasteiger partial charge in [0.2, 0.25) is 0 Å². The summed E-state index contributed by atoms with van der Waals surface area (Å²) in [6.45, 7) is 2.17. The Bertz CT molecular complexity index is 397. The van der Waals surface area contributed by atoms with Crippen LogP contribution in [0.2, 0.25) is 5.02 Å². The van der Waals surface area contributed by atoms with Gasteiger partial charge in [-0.25, -0.2) is 0 Å². The third-order valence-electron chi connectivity index (χ3n) is 2.90. The number of halogens is 2. The number of nitrogens with one attached hydrogen (secondary N) is 1. The fraction of sp³-hybridized carbons (Fsp3) is 0.500. The maximum absolute atomic E-state index is 6.06. The molecule has 0 aromatic heterocycles. The molecule has 16 heavy (non-hydrogen) atoms. The summed E-state index contributed by atoms with van der Waals surface area (Å²) >= 11 is 9.56. The van der Waals surface area contributed by atoms with E-state index < -0.39 is 0 Å². The molecule has 1 aliphatic heterocycles. The van der Waals surface area contributed by atoms with Crippen LogP contribution in [0.4, 0.5) is 0 Å². The number of benzene rings is 1. The van der Waals surface area contributed by atoms with Gasteiger partial charge in [-0.3, -0.25) is 0 Å². The van der Waals surface area contributed by atoms with Crippen molar-refractivity contribution in [1.29, 1.82) is 0 Å². The van der Waals surface area contributed by atoms with Gasteiger partial charge in [0.05, 0.1) is 10.5 Å². The molecule has 2 atom stereocenters. The zero-order valence-corrected chi connectivity index (χ0v) is 11.7. The van der Waals surface area contributed by atoms with E-state index in [0.717, 1.165) is 33.6 Å². The Morgan fingerprint density at radius 1 is 1.50 bits per heavy atom. The first-order valence-electron chi connectivity index (χ1n) is 5.50. The first-order valence-corrected chi connectivity index (χ1v) is 6.67. The van der Waals surface area contributed by atoms with Gasteiger partial charge in [-0.2, -0.15) is 0 Å². The molecule has 0 spiro atoms. The molecule has 0 amide bonds. The van der Waals surface area contributed by atoms with Crippen molar-refractivity contribution in [1.82, 2.24) is 5.32 Å². The van der Waals surface area contributed by atoms with Crippen LogP contribution < -0.4 is 10.1 Å². The minimum Gasteiger partial charge on any atom is -0.487 e. The zero-order valence-electron chi connectivity index (χ0n) is 9.39. The van der Waals surface area contributed by atoms with E-state index in [1.165, 1.54) is 0 Å². The minimum absolute atomic E-state index is 0.208. The molecule has 0 saturated heterocycles. The maximum atomic E-state index is 6.06. The number of hydrogen-bond donors (Lipinski definition) is 1. The van der Waals surface area contributed by atoms with E-state index in [1.54, 1.807) is 0 Å². The van der Waals surface area contributed by atoms with Gasteiger partial charge in [0.1, 0.15) is 11.9 Å². The standard InChI is InChI=1S/C12H15BrClNO/c1-3-4-10-11(15-2)8-5-7(14)6-9(13)12(8)16-10/h5-6,10-11,15H,3-4H2,1-2H3. The molecule has 0 aliphatic carbocycles. The summed E-state index contributed by atoms with van der Waals surface area (Å²) in [5.74, 6) is 0.933. The first kappa shape index (κ1) is 12.2. The van der Waals surface area contributed by atoms with E-state index in [0.29, 0.717) is 0 Å². The Hall–Kier alpha value is -0.250. The quantitative estimate of drug-likeness (QED) is 0.914. The summed E-state index contributed by atoms with van der Waals surface area (Å²) in [6.07, 6.45) is 2.37. The van der Waals surface area contributed by atoms with E-state index in [4.69, 9.17) is 16.3 Å². The molecule has 1 heterocycles. The molecular formula is C12H15BrClNO. The molecule has 1 aliphatic rings. The fourth-order valence-corrected chi connectivity index (χ4v) is 3.13. The zero-order chi connectivity index (χ0) is 11.7. The molecule has 0 radical (unpaired) electrons. The third kappa shape index (κ3) is 2.08. The van der Waals surface area contributed by atoms with E-state index in [2.05, 4.69) is 28.2 Å². The molecule has 88 valence electrons. The summed E-state index contributed by atoms with van der Waals surface area (Å²) in [6, 6.07) is 4.10. The molecule has 1 N–H and O–H groups in total. The van der Waals surface area contributed by atoms with Crippen molar-refractivity contribution in [3.8, 4) is 5.75 Å². The third-order valence-corrected chi connectivity index (χ3v) is 3.70. The molecule has 2 unspecified atom stereocenters. The van der Waals surface area contributed by atoms with Crippen LogP contribution in [0.5, 0.6) is 5.75 Å². The van der Waals surface area contributed by atoms with Crippen molar-refractivity contribution in [3.05, 3.63) is 27.2 Å². The summed E-state index contributed by atoms with van der Waals surface area (Å²) in [5, 5.41) is 4.05. The van der Waals surface area contributed by atoms with Gasteiger partial charge in [0, 0.05) is 10.6 Å². The van der Waals surface area contributed by atoms with Gasteiger partial charge in [-0.05, 0) is 41.5 Å². The average Bonchev–Trinajstić information content (AvgIpc) is 2.56. The predicted octanol–water partition coefficient (Wildman–Crippen LogP) is 3.92. The highest BCUT2D eigenvalue weighted by Gasteiger charge is 2.34. The van der Waals surface area contributed by atoms with Crippen molar-refractivity contribution in [2.24, 2.45) is 0 Å². The lowest BCUT2D eigenvalue weighted by Gasteiger charge is -2.17. The molecule has 2 rings (SSSR count). The Morgan fingerprint density at radius 2 is 2.25 bits per heavy atom. The minimum atomic E-state index is 0.208. The second kappa shape index (κ2) is 4.94. The Kier molecular flexibility index (Phi) is 3.77. The number of ether oxygens (including phenoxy) is 1. The molecule has 4 heteroatoms. The van der Waals surface area contributed by atoms with Crippen LogP contribution in [0.25, 0.3) is 0 Å². The molecule has 2 nitrogen and oxygen atoms in total. The molecule has 1 aromatic carbocycles. The highest BCUT2D eigenvalue weighted by molar-refractivity contribution is 9.10. The monoisotopic (exact) mass is 303 g/mol. The van der Waals surface area contributed by atoms with E-state index in [1.807, 2.05) is 19.2 Å². The summed E-state index contributed by atoms with van der Waals surface area (Å²) < 4.78 is 6.91. The highest BCUT2D eigenvalue weighted by atomic mass is 79.9. The van der Waals surface area contributed by atoms with Crippen LogP contribution in [0.15, 0.2) is 16.6 Å². The van der Waals surface area contributed by atoms with Crippen LogP contribution in [0.1, 0.15) is 31.4 Å². The normalized spacial score (nSPS) is 23.0. The summed E-state index contributed by atoms with van der Waals surface area (Å²) in [5.41, 5.74) is 1.15. The molecule has 0 bridgehead atoms. The second-order valence-electron chi connectivity index (χ2n) is 4.02. The van der Waals surface area contributed by atoms with Crippen molar-refractivity contribution in [3.63, 3.8) is 0 Å². The SMILES string of the molecule is CCCC1Oc2c(Br)cc(Cl)cc2C1NC. The first-order chi connectivity index (χ1) is 7.67. The molecule has 0 fully saturated rings. The lowest BCUT2D eigenvalue weighted by molar-refractivity contribution is 0.181. The van der Waals surface area contributed by atoms with Gasteiger partial charge in [0.15, 0.2) is 0 Å². The topological polar surface area (TPSA) is 21.3 Å². The van der Waals surface area contributed by atoms with Crippen LogP contribution >= 0.6 is 27.5 Å². The Labute approximate surface area is 109 Å². The van der Waals surface area contributed by atoms with Crippen molar-refractivity contribution >= 4 is 27.5 Å². The van der Waals surface area contributed by atoms with Crippen LogP contribution in [0, 0.1) is 0 Å². The average molecular weight is 305 g/mol. The van der Waals surface area contributed by atoms with Gasteiger partial charge in [-0.1, -0.05) is 24.9 Å². The van der Waals surface area contributed by atoms with Gasteiger partial charge >= 0.3 is 0 Å². The Morgan fingerprint density at radius 3 is 2.88 bits per heavy atom. The van der Waals surface area contributed by atoms with E-state index in [9.17, 15) is 0 Å². The van der Waals surface area contributed by atoms with Crippen LogP contribution in [0.3, 0.4) is 0 Å². The van der Waals surface area contributed by atoms with Gasteiger partial charge in [-0.15, -0.1) is 0 Å².